The number of anilines is 1. The molecular weight excluding hydrogens is 184 g/mol. The number of hydrogen-bond acceptors (Lipinski definition) is 1. The minimum atomic E-state index is -0.575. The minimum Gasteiger partial charge on any atom is -0.384 e. The van der Waals surface area contributed by atoms with Crippen molar-refractivity contribution in [2.45, 2.75) is 13.3 Å². The van der Waals surface area contributed by atoms with Crippen LogP contribution in [0.2, 0.25) is 0 Å². The van der Waals surface area contributed by atoms with E-state index in [2.05, 4.69) is 17.2 Å². The molecule has 74 valence electrons. The van der Waals surface area contributed by atoms with Crippen LogP contribution in [0.4, 0.5) is 14.5 Å². The van der Waals surface area contributed by atoms with Crippen LogP contribution in [0.3, 0.4) is 0 Å². The first-order valence-corrected chi connectivity index (χ1v) is 4.32. The van der Waals surface area contributed by atoms with Gasteiger partial charge in [0.1, 0.15) is 11.6 Å². The summed E-state index contributed by atoms with van der Waals surface area (Å²) >= 11 is 0. The zero-order chi connectivity index (χ0) is 10.4. The van der Waals surface area contributed by atoms with Gasteiger partial charge in [-0.1, -0.05) is 0 Å². The van der Waals surface area contributed by atoms with E-state index in [4.69, 9.17) is 0 Å². The van der Waals surface area contributed by atoms with E-state index in [1.165, 1.54) is 12.1 Å². The van der Waals surface area contributed by atoms with Gasteiger partial charge in [-0.25, -0.2) is 8.78 Å². The lowest BCUT2D eigenvalue weighted by Gasteiger charge is -2.03. The van der Waals surface area contributed by atoms with Crippen molar-refractivity contribution in [3.63, 3.8) is 0 Å². The summed E-state index contributed by atoms with van der Waals surface area (Å²) in [7, 11) is 0. The van der Waals surface area contributed by atoms with E-state index in [9.17, 15) is 8.78 Å². The quantitative estimate of drug-likeness (QED) is 0.577. The molecule has 0 aliphatic rings. The van der Waals surface area contributed by atoms with Gasteiger partial charge in [0.15, 0.2) is 0 Å². The standard InChI is InChI=1S/C11H11F2N/c1-2-3-4-5-14-11-7-9(12)6-10(13)8-11/h6-8,14H,4-5H2,1H3. The molecule has 1 aromatic rings. The molecule has 0 aliphatic heterocycles. The van der Waals surface area contributed by atoms with Crippen LogP contribution in [0.5, 0.6) is 0 Å². The van der Waals surface area contributed by atoms with Crippen LogP contribution in [0, 0.1) is 23.5 Å². The van der Waals surface area contributed by atoms with E-state index in [1.54, 1.807) is 6.92 Å². The van der Waals surface area contributed by atoms with Gasteiger partial charge in [-0.3, -0.25) is 0 Å². The summed E-state index contributed by atoms with van der Waals surface area (Å²) in [6.07, 6.45) is 0.661. The third-order valence-corrected chi connectivity index (χ3v) is 1.62. The van der Waals surface area contributed by atoms with E-state index < -0.39 is 11.6 Å². The highest BCUT2D eigenvalue weighted by molar-refractivity contribution is 5.43. The predicted molar refractivity (Wildman–Crippen MR) is 52.9 cm³/mol. The molecule has 0 bridgehead atoms. The molecule has 0 saturated carbocycles. The summed E-state index contributed by atoms with van der Waals surface area (Å²) in [6, 6.07) is 3.35. The highest BCUT2D eigenvalue weighted by atomic mass is 19.1. The van der Waals surface area contributed by atoms with Crippen molar-refractivity contribution in [1.29, 1.82) is 0 Å². The molecule has 1 N–H and O–H groups in total. The maximum absolute atomic E-state index is 12.7. The molecule has 0 unspecified atom stereocenters. The largest absolute Gasteiger partial charge is 0.384 e. The molecule has 0 atom stereocenters. The molecule has 0 fully saturated rings. The first kappa shape index (κ1) is 10.5. The predicted octanol–water partition coefficient (Wildman–Crippen LogP) is 2.79. The number of benzene rings is 1. The third-order valence-electron chi connectivity index (χ3n) is 1.62. The van der Waals surface area contributed by atoms with Gasteiger partial charge >= 0.3 is 0 Å². The first-order chi connectivity index (χ1) is 6.72. The van der Waals surface area contributed by atoms with Gasteiger partial charge in [-0.05, 0) is 19.1 Å². The third kappa shape index (κ3) is 3.44. The fraction of sp³-hybridized carbons (Fsp3) is 0.273. The second kappa shape index (κ2) is 5.23. The van der Waals surface area contributed by atoms with E-state index >= 15 is 0 Å². The van der Waals surface area contributed by atoms with Crippen molar-refractivity contribution in [2.24, 2.45) is 0 Å². The van der Waals surface area contributed by atoms with Crippen LogP contribution in [0.25, 0.3) is 0 Å². The number of nitrogens with one attached hydrogen (secondary N) is 1. The zero-order valence-corrected chi connectivity index (χ0v) is 7.90. The van der Waals surface area contributed by atoms with Crippen molar-refractivity contribution in [2.75, 3.05) is 11.9 Å². The van der Waals surface area contributed by atoms with Crippen LogP contribution in [0.15, 0.2) is 18.2 Å². The van der Waals surface area contributed by atoms with Gasteiger partial charge in [0, 0.05) is 24.7 Å². The smallest absolute Gasteiger partial charge is 0.128 e. The maximum atomic E-state index is 12.7. The van der Waals surface area contributed by atoms with Gasteiger partial charge < -0.3 is 5.32 Å². The van der Waals surface area contributed by atoms with Crippen molar-refractivity contribution < 1.29 is 8.78 Å². The van der Waals surface area contributed by atoms with E-state index in [-0.39, 0.29) is 0 Å². The SMILES string of the molecule is CC#CCCNc1cc(F)cc(F)c1. The molecule has 0 aromatic heterocycles. The van der Waals surface area contributed by atoms with Crippen LogP contribution in [-0.2, 0) is 0 Å². The fourth-order valence-corrected chi connectivity index (χ4v) is 1.05. The van der Waals surface area contributed by atoms with Crippen LogP contribution in [0.1, 0.15) is 13.3 Å². The number of rotatable bonds is 3. The first-order valence-electron chi connectivity index (χ1n) is 4.32. The van der Waals surface area contributed by atoms with Crippen molar-refractivity contribution >= 4 is 5.69 Å². The highest BCUT2D eigenvalue weighted by Gasteiger charge is 1.98. The maximum Gasteiger partial charge on any atom is 0.128 e. The molecule has 3 heteroatoms. The number of hydrogen-bond donors (Lipinski definition) is 1. The Morgan fingerprint density at radius 2 is 1.86 bits per heavy atom. The molecule has 1 aromatic carbocycles. The van der Waals surface area contributed by atoms with Crippen molar-refractivity contribution in [3.8, 4) is 11.8 Å². The van der Waals surface area contributed by atoms with Crippen LogP contribution >= 0.6 is 0 Å². The Kier molecular flexibility index (Phi) is 3.93. The molecule has 0 amide bonds. The lowest BCUT2D eigenvalue weighted by Crippen LogP contribution is -2.01. The minimum absolute atomic E-state index is 0.445. The Labute approximate surface area is 82.1 Å². The van der Waals surface area contributed by atoms with Gasteiger partial charge in [0.25, 0.3) is 0 Å². The molecule has 0 saturated heterocycles. The second-order valence-corrected chi connectivity index (χ2v) is 2.76. The Morgan fingerprint density at radius 3 is 2.43 bits per heavy atom. The lowest BCUT2D eigenvalue weighted by atomic mass is 10.3. The molecule has 0 heterocycles. The summed E-state index contributed by atoms with van der Waals surface area (Å²) < 4.78 is 25.4. The number of halogens is 2. The van der Waals surface area contributed by atoms with Crippen LogP contribution < -0.4 is 5.32 Å². The Morgan fingerprint density at radius 1 is 1.21 bits per heavy atom. The van der Waals surface area contributed by atoms with Crippen molar-refractivity contribution in [1.82, 2.24) is 0 Å². The molecule has 1 nitrogen and oxygen atoms in total. The van der Waals surface area contributed by atoms with Crippen molar-refractivity contribution in [3.05, 3.63) is 29.8 Å². The van der Waals surface area contributed by atoms with Gasteiger partial charge in [-0.2, -0.15) is 0 Å². The molecule has 0 radical (unpaired) electrons. The second-order valence-electron chi connectivity index (χ2n) is 2.76. The fourth-order valence-electron chi connectivity index (χ4n) is 1.05. The summed E-state index contributed by atoms with van der Waals surface area (Å²) in [4.78, 5) is 0. The van der Waals surface area contributed by atoms with Gasteiger partial charge in [-0.15, -0.1) is 11.8 Å². The molecule has 0 spiro atoms. The summed E-state index contributed by atoms with van der Waals surface area (Å²) in [5.41, 5.74) is 0.445. The average molecular weight is 195 g/mol. The normalized spacial score (nSPS) is 9.07. The summed E-state index contributed by atoms with van der Waals surface area (Å²) in [6.45, 7) is 2.34. The Bertz CT molecular complexity index is 343. The highest BCUT2D eigenvalue weighted by Crippen LogP contribution is 2.12. The summed E-state index contributed by atoms with van der Waals surface area (Å²) in [5, 5.41) is 2.88. The topological polar surface area (TPSA) is 12.0 Å². The monoisotopic (exact) mass is 195 g/mol. The molecule has 14 heavy (non-hydrogen) atoms. The van der Waals surface area contributed by atoms with E-state index in [0.29, 0.717) is 18.7 Å². The average Bonchev–Trinajstić information content (AvgIpc) is 2.11. The Balaban J connectivity index is 2.53. The lowest BCUT2D eigenvalue weighted by molar-refractivity contribution is 0.584. The molecular formula is C11H11F2N. The van der Waals surface area contributed by atoms with E-state index in [1.807, 2.05) is 0 Å². The summed E-state index contributed by atoms with van der Waals surface area (Å²) in [5.74, 6) is 4.44. The Hall–Kier alpha value is -1.56. The van der Waals surface area contributed by atoms with Gasteiger partial charge in [0.05, 0.1) is 0 Å². The molecule has 1 rings (SSSR count). The molecule has 0 aliphatic carbocycles. The van der Waals surface area contributed by atoms with E-state index in [0.717, 1.165) is 6.07 Å². The zero-order valence-electron chi connectivity index (χ0n) is 7.90. The van der Waals surface area contributed by atoms with Crippen LogP contribution in [-0.4, -0.2) is 6.54 Å². The van der Waals surface area contributed by atoms with Gasteiger partial charge in [0.2, 0.25) is 0 Å².